The van der Waals surface area contributed by atoms with Crippen LogP contribution < -0.4 is 5.73 Å². The maximum absolute atomic E-state index is 9.92. The van der Waals surface area contributed by atoms with Crippen molar-refractivity contribution in [2.45, 2.75) is 27.7 Å². The van der Waals surface area contributed by atoms with Crippen LogP contribution in [0.25, 0.3) is 0 Å². The van der Waals surface area contributed by atoms with Gasteiger partial charge in [-0.2, -0.15) is 0 Å². The molecule has 2 heteroatoms. The molecule has 0 heterocycles. The van der Waals surface area contributed by atoms with Gasteiger partial charge in [-0.1, -0.05) is 27.7 Å². The van der Waals surface area contributed by atoms with Crippen LogP contribution in [0.4, 0.5) is 0 Å². The molecule has 8 heavy (non-hydrogen) atoms. The van der Waals surface area contributed by atoms with Crippen LogP contribution in [0.5, 0.6) is 0 Å². The van der Waals surface area contributed by atoms with Crippen molar-refractivity contribution < 1.29 is 4.79 Å². The molecule has 1 amide bonds. The summed E-state index contributed by atoms with van der Waals surface area (Å²) in [5.41, 5.74) is 4.80. The van der Waals surface area contributed by atoms with E-state index in [2.05, 4.69) is 0 Å². The van der Waals surface area contributed by atoms with Gasteiger partial charge >= 0.3 is 0 Å². The van der Waals surface area contributed by atoms with Crippen molar-refractivity contribution in [3.8, 4) is 0 Å². The van der Waals surface area contributed by atoms with Gasteiger partial charge in [-0.05, 0) is 0 Å². The van der Waals surface area contributed by atoms with E-state index in [1.807, 2.05) is 13.8 Å². The molecular weight excluding hydrogens is 102 g/mol. The van der Waals surface area contributed by atoms with E-state index in [0.717, 1.165) is 0 Å². The third-order valence-electron chi connectivity index (χ3n) is 0.569. The highest BCUT2D eigenvalue weighted by molar-refractivity contribution is 5.75. The van der Waals surface area contributed by atoms with E-state index in [0.29, 0.717) is 0 Å². The quantitative estimate of drug-likeness (QED) is 0.550. The second kappa shape index (κ2) is 6.47. The predicted molar refractivity (Wildman–Crippen MR) is 35.4 cm³/mol. The zero-order valence-corrected chi connectivity index (χ0v) is 6.06. The second-order valence-electron chi connectivity index (χ2n) is 1.56. The van der Waals surface area contributed by atoms with Gasteiger partial charge in [0.05, 0.1) is 0 Å². The average molecular weight is 117 g/mol. The number of carbonyl (C=O) groups is 1. The molecule has 2 N–H and O–H groups in total. The molecule has 0 saturated carbocycles. The van der Waals surface area contributed by atoms with Gasteiger partial charge in [0.1, 0.15) is 0 Å². The summed E-state index contributed by atoms with van der Waals surface area (Å²) in [7, 11) is 0. The van der Waals surface area contributed by atoms with Gasteiger partial charge in [-0.25, -0.2) is 0 Å². The standard InChI is InChI=1S/C4H9NO.C2H6/c1-3(2)4(5)6;1-2/h3H,1-2H3,(H2,5,6);1-2H3. The van der Waals surface area contributed by atoms with Crippen molar-refractivity contribution >= 4 is 5.91 Å². The number of primary amides is 1. The van der Waals surface area contributed by atoms with Crippen LogP contribution in [0.1, 0.15) is 27.7 Å². The fraction of sp³-hybridized carbons (Fsp3) is 0.833. The highest BCUT2D eigenvalue weighted by atomic mass is 16.1. The number of carbonyl (C=O) groups excluding carboxylic acids is 1. The molecule has 0 radical (unpaired) electrons. The van der Waals surface area contributed by atoms with Gasteiger partial charge in [0.2, 0.25) is 5.91 Å². The fourth-order valence-electron chi connectivity index (χ4n) is 0. The number of hydrogen-bond acceptors (Lipinski definition) is 1. The van der Waals surface area contributed by atoms with Crippen molar-refractivity contribution in [3.05, 3.63) is 0 Å². The topological polar surface area (TPSA) is 43.1 Å². The summed E-state index contributed by atoms with van der Waals surface area (Å²) in [5.74, 6) is -0.250. The Morgan fingerprint density at radius 3 is 1.50 bits per heavy atom. The van der Waals surface area contributed by atoms with Crippen LogP contribution in [-0.2, 0) is 4.79 Å². The predicted octanol–water partition coefficient (Wildman–Crippen LogP) is 1.15. The number of rotatable bonds is 1. The van der Waals surface area contributed by atoms with E-state index in [-0.39, 0.29) is 11.8 Å². The summed E-state index contributed by atoms with van der Waals surface area (Å²) in [6.45, 7) is 7.53. The van der Waals surface area contributed by atoms with Crippen LogP contribution in [0, 0.1) is 5.92 Å². The van der Waals surface area contributed by atoms with E-state index in [9.17, 15) is 4.79 Å². The highest BCUT2D eigenvalue weighted by Crippen LogP contribution is 1.84. The van der Waals surface area contributed by atoms with Crippen LogP contribution in [0.15, 0.2) is 0 Å². The van der Waals surface area contributed by atoms with Crippen molar-refractivity contribution in [1.29, 1.82) is 0 Å². The molecular formula is C6H15NO. The lowest BCUT2D eigenvalue weighted by Crippen LogP contribution is -2.17. The molecule has 0 unspecified atom stereocenters. The van der Waals surface area contributed by atoms with Gasteiger partial charge in [-0.15, -0.1) is 0 Å². The molecule has 0 saturated heterocycles. The molecule has 0 atom stereocenters. The third kappa shape index (κ3) is 9.08. The molecule has 0 fully saturated rings. The Morgan fingerprint density at radius 1 is 1.38 bits per heavy atom. The number of amides is 1. The van der Waals surface area contributed by atoms with E-state index in [4.69, 9.17) is 5.73 Å². The zero-order valence-electron chi connectivity index (χ0n) is 6.06. The van der Waals surface area contributed by atoms with E-state index < -0.39 is 0 Å². The molecule has 0 aromatic rings. The Bertz CT molecular complexity index is 59.5. The van der Waals surface area contributed by atoms with Crippen molar-refractivity contribution in [3.63, 3.8) is 0 Å². The van der Waals surface area contributed by atoms with Gasteiger partial charge in [-0.3, -0.25) is 4.79 Å². The Labute approximate surface area is 51.1 Å². The van der Waals surface area contributed by atoms with Gasteiger partial charge in [0.15, 0.2) is 0 Å². The molecule has 0 bridgehead atoms. The molecule has 0 aliphatic rings. The average Bonchev–Trinajstić information content (AvgIpc) is 1.72. The first-order valence-electron chi connectivity index (χ1n) is 2.94. The van der Waals surface area contributed by atoms with Gasteiger partial charge in [0.25, 0.3) is 0 Å². The number of hydrogen-bond donors (Lipinski definition) is 1. The summed E-state index contributed by atoms with van der Waals surface area (Å²) >= 11 is 0. The molecule has 0 rings (SSSR count). The van der Waals surface area contributed by atoms with Gasteiger partial charge < -0.3 is 5.73 Å². The third-order valence-corrected chi connectivity index (χ3v) is 0.569. The van der Waals surface area contributed by atoms with Crippen LogP contribution in [-0.4, -0.2) is 5.91 Å². The Balaban J connectivity index is 0. The molecule has 2 nitrogen and oxygen atoms in total. The van der Waals surface area contributed by atoms with Crippen LogP contribution >= 0.6 is 0 Å². The summed E-state index contributed by atoms with van der Waals surface area (Å²) in [6, 6.07) is 0. The Hall–Kier alpha value is -0.530. The maximum Gasteiger partial charge on any atom is 0.219 e. The first-order valence-corrected chi connectivity index (χ1v) is 2.94. The molecule has 0 aliphatic heterocycles. The van der Waals surface area contributed by atoms with E-state index in [1.165, 1.54) is 0 Å². The minimum Gasteiger partial charge on any atom is -0.369 e. The molecule has 0 aliphatic carbocycles. The lowest BCUT2D eigenvalue weighted by molar-refractivity contribution is -0.120. The summed E-state index contributed by atoms with van der Waals surface area (Å²) in [6.07, 6.45) is 0. The summed E-state index contributed by atoms with van der Waals surface area (Å²) in [5, 5.41) is 0. The van der Waals surface area contributed by atoms with Crippen LogP contribution in [0.2, 0.25) is 0 Å². The SMILES string of the molecule is CC.CC(C)C(N)=O. The van der Waals surface area contributed by atoms with Crippen LogP contribution in [0.3, 0.4) is 0 Å². The molecule has 0 spiro atoms. The smallest absolute Gasteiger partial charge is 0.219 e. The zero-order chi connectivity index (χ0) is 7.15. The lowest BCUT2D eigenvalue weighted by Gasteiger charge is -1.90. The maximum atomic E-state index is 9.92. The van der Waals surface area contributed by atoms with E-state index >= 15 is 0 Å². The molecule has 0 aromatic carbocycles. The van der Waals surface area contributed by atoms with Crippen molar-refractivity contribution in [2.24, 2.45) is 11.7 Å². The van der Waals surface area contributed by atoms with Crippen molar-refractivity contribution in [2.75, 3.05) is 0 Å². The first kappa shape index (κ1) is 10.5. The minimum absolute atomic E-state index is 0.00926. The monoisotopic (exact) mass is 117 g/mol. The Morgan fingerprint density at radius 2 is 1.50 bits per heavy atom. The molecule has 0 aromatic heterocycles. The summed E-state index contributed by atoms with van der Waals surface area (Å²) < 4.78 is 0. The normalized spacial score (nSPS) is 7.62. The number of nitrogens with two attached hydrogens (primary N) is 1. The lowest BCUT2D eigenvalue weighted by atomic mass is 10.2. The highest BCUT2D eigenvalue weighted by Gasteiger charge is 1.96. The summed E-state index contributed by atoms with van der Waals surface area (Å²) in [4.78, 5) is 9.92. The van der Waals surface area contributed by atoms with E-state index in [1.54, 1.807) is 13.8 Å². The minimum atomic E-state index is -0.241. The Kier molecular flexibility index (Phi) is 8.45. The largest absolute Gasteiger partial charge is 0.369 e. The first-order chi connectivity index (χ1) is 3.64. The van der Waals surface area contributed by atoms with Gasteiger partial charge in [0, 0.05) is 5.92 Å². The second-order valence-corrected chi connectivity index (χ2v) is 1.56. The van der Waals surface area contributed by atoms with Crippen molar-refractivity contribution in [1.82, 2.24) is 0 Å². The fourth-order valence-corrected chi connectivity index (χ4v) is 0. The molecule has 50 valence electrons.